The van der Waals surface area contributed by atoms with Crippen molar-refractivity contribution in [2.75, 3.05) is 13.7 Å². The maximum Gasteiger partial charge on any atom is 0.247 e. The van der Waals surface area contributed by atoms with Gasteiger partial charge in [0.2, 0.25) is 5.91 Å². The van der Waals surface area contributed by atoms with Crippen molar-refractivity contribution in [3.8, 4) is 5.75 Å². The van der Waals surface area contributed by atoms with Crippen molar-refractivity contribution in [2.45, 2.75) is 19.9 Å². The average molecular weight is 349 g/mol. The topological polar surface area (TPSA) is 42.7 Å². The monoisotopic (exact) mass is 349 g/mol. The lowest BCUT2D eigenvalue weighted by atomic mass is 10.1. The van der Waals surface area contributed by atoms with Crippen LogP contribution < -0.4 is 4.74 Å². The van der Waals surface area contributed by atoms with Gasteiger partial charge in [0.25, 0.3) is 0 Å². The fourth-order valence-electron chi connectivity index (χ4n) is 3.04. The van der Waals surface area contributed by atoms with Crippen LogP contribution in [-0.2, 0) is 4.79 Å². The summed E-state index contributed by atoms with van der Waals surface area (Å²) in [6.45, 7) is 4.61. The number of fused-ring (bicyclic) bond motifs is 1. The van der Waals surface area contributed by atoms with Gasteiger partial charge >= 0.3 is 0 Å². The Kier molecular flexibility index (Phi) is 5.42. The Morgan fingerprint density at radius 1 is 1.19 bits per heavy atom. The number of carbonyl (C=O) groups is 1. The second-order valence-electron chi connectivity index (χ2n) is 6.10. The minimum atomic E-state index is -0.0528. The van der Waals surface area contributed by atoms with Crippen molar-refractivity contribution < 1.29 is 13.9 Å². The van der Waals surface area contributed by atoms with E-state index in [0.717, 1.165) is 22.3 Å². The number of methoxy groups -OCH3 is 1. The number of hydrogen-bond acceptors (Lipinski definition) is 3. The summed E-state index contributed by atoms with van der Waals surface area (Å²) in [6.07, 6.45) is 3.29. The van der Waals surface area contributed by atoms with Gasteiger partial charge in [0.05, 0.1) is 13.2 Å². The predicted molar refractivity (Wildman–Crippen MR) is 104 cm³/mol. The Bertz CT molecular complexity index is 893. The van der Waals surface area contributed by atoms with Crippen LogP contribution in [0.15, 0.2) is 65.1 Å². The molecule has 0 aliphatic carbocycles. The standard InChI is InChI=1S/C22H23NO3/c1-4-23(16(2)17-9-7-10-19(14-17)25-3)22(24)13-12-20-15-18-8-5-6-11-21(18)26-20/h5-16H,4H2,1-3H3/b13-12+. The van der Waals surface area contributed by atoms with Crippen LogP contribution in [0.1, 0.15) is 31.2 Å². The Balaban J connectivity index is 1.77. The number of hydrogen-bond donors (Lipinski definition) is 0. The molecule has 1 heterocycles. The molecule has 0 saturated carbocycles. The number of amides is 1. The SMILES string of the molecule is CCN(C(=O)/C=C/c1cc2ccccc2o1)C(C)c1cccc(OC)c1. The first-order valence-electron chi connectivity index (χ1n) is 8.73. The van der Waals surface area contributed by atoms with E-state index < -0.39 is 0 Å². The molecule has 3 aromatic rings. The highest BCUT2D eigenvalue weighted by atomic mass is 16.5. The fourth-order valence-corrected chi connectivity index (χ4v) is 3.04. The van der Waals surface area contributed by atoms with Gasteiger partial charge in [-0.05, 0) is 49.8 Å². The second kappa shape index (κ2) is 7.91. The van der Waals surface area contributed by atoms with Gasteiger partial charge in [-0.15, -0.1) is 0 Å². The quantitative estimate of drug-likeness (QED) is 0.584. The number of para-hydroxylation sites is 1. The van der Waals surface area contributed by atoms with Crippen LogP contribution in [0, 0.1) is 0 Å². The maximum absolute atomic E-state index is 12.7. The molecular weight excluding hydrogens is 326 g/mol. The van der Waals surface area contributed by atoms with E-state index in [9.17, 15) is 4.79 Å². The van der Waals surface area contributed by atoms with Gasteiger partial charge in [-0.3, -0.25) is 4.79 Å². The van der Waals surface area contributed by atoms with Crippen LogP contribution in [0.4, 0.5) is 0 Å². The summed E-state index contributed by atoms with van der Waals surface area (Å²) in [7, 11) is 1.64. The molecule has 4 heteroatoms. The zero-order valence-corrected chi connectivity index (χ0v) is 15.3. The van der Waals surface area contributed by atoms with Crippen LogP contribution in [0.5, 0.6) is 5.75 Å². The van der Waals surface area contributed by atoms with E-state index in [0.29, 0.717) is 12.3 Å². The minimum Gasteiger partial charge on any atom is -0.497 e. The number of carbonyl (C=O) groups excluding carboxylic acids is 1. The van der Waals surface area contributed by atoms with Gasteiger partial charge in [0.1, 0.15) is 17.1 Å². The molecule has 0 aliphatic heterocycles. The summed E-state index contributed by atoms with van der Waals surface area (Å²) >= 11 is 0. The molecule has 26 heavy (non-hydrogen) atoms. The third-order valence-electron chi connectivity index (χ3n) is 4.50. The number of benzene rings is 2. The zero-order valence-electron chi connectivity index (χ0n) is 15.3. The summed E-state index contributed by atoms with van der Waals surface area (Å²) in [5.41, 5.74) is 1.85. The molecule has 1 amide bonds. The van der Waals surface area contributed by atoms with Gasteiger partial charge in [-0.1, -0.05) is 30.3 Å². The molecular formula is C22H23NO3. The number of likely N-dealkylation sites (N-methyl/N-ethyl adjacent to an activating group) is 1. The van der Waals surface area contributed by atoms with Crippen molar-refractivity contribution in [1.29, 1.82) is 0 Å². The first-order chi connectivity index (χ1) is 12.6. The zero-order chi connectivity index (χ0) is 18.5. The van der Waals surface area contributed by atoms with Crippen molar-refractivity contribution in [1.82, 2.24) is 4.90 Å². The van der Waals surface area contributed by atoms with Gasteiger partial charge in [0, 0.05) is 18.0 Å². The molecule has 3 rings (SSSR count). The van der Waals surface area contributed by atoms with E-state index >= 15 is 0 Å². The normalized spacial score (nSPS) is 12.4. The lowest BCUT2D eigenvalue weighted by Gasteiger charge is -2.27. The fraction of sp³-hybridized carbons (Fsp3) is 0.227. The molecule has 1 aromatic heterocycles. The summed E-state index contributed by atoms with van der Waals surface area (Å²) in [4.78, 5) is 14.5. The molecule has 0 spiro atoms. The number of ether oxygens (including phenoxy) is 1. The largest absolute Gasteiger partial charge is 0.497 e. The number of furan rings is 1. The van der Waals surface area contributed by atoms with E-state index in [1.807, 2.05) is 73.3 Å². The first kappa shape index (κ1) is 17.8. The van der Waals surface area contributed by atoms with Crippen LogP contribution in [-0.4, -0.2) is 24.5 Å². The lowest BCUT2D eigenvalue weighted by molar-refractivity contribution is -0.127. The van der Waals surface area contributed by atoms with E-state index in [4.69, 9.17) is 9.15 Å². The first-order valence-corrected chi connectivity index (χ1v) is 8.73. The molecule has 1 atom stereocenters. The van der Waals surface area contributed by atoms with Gasteiger partial charge in [-0.25, -0.2) is 0 Å². The van der Waals surface area contributed by atoms with Crippen molar-refractivity contribution in [2.24, 2.45) is 0 Å². The molecule has 134 valence electrons. The summed E-state index contributed by atoms with van der Waals surface area (Å²) < 4.78 is 11.0. The highest BCUT2D eigenvalue weighted by Gasteiger charge is 2.18. The molecule has 0 saturated heterocycles. The summed E-state index contributed by atoms with van der Waals surface area (Å²) in [5, 5.41) is 1.02. The number of nitrogens with zero attached hydrogens (tertiary/aromatic N) is 1. The van der Waals surface area contributed by atoms with E-state index in [1.54, 1.807) is 19.3 Å². The Morgan fingerprint density at radius 3 is 2.73 bits per heavy atom. The lowest BCUT2D eigenvalue weighted by Crippen LogP contribution is -2.32. The van der Waals surface area contributed by atoms with Crippen molar-refractivity contribution in [3.63, 3.8) is 0 Å². The highest BCUT2D eigenvalue weighted by molar-refractivity contribution is 5.92. The Labute approximate surface area is 153 Å². The van der Waals surface area contributed by atoms with Crippen LogP contribution in [0.3, 0.4) is 0 Å². The van der Waals surface area contributed by atoms with Gasteiger partial charge in [-0.2, -0.15) is 0 Å². The second-order valence-corrected chi connectivity index (χ2v) is 6.10. The van der Waals surface area contributed by atoms with Gasteiger partial charge < -0.3 is 14.1 Å². The molecule has 1 unspecified atom stereocenters. The smallest absolute Gasteiger partial charge is 0.247 e. The molecule has 0 N–H and O–H groups in total. The Hall–Kier alpha value is -3.01. The Morgan fingerprint density at radius 2 is 2.00 bits per heavy atom. The predicted octanol–water partition coefficient (Wildman–Crippen LogP) is 5.06. The summed E-state index contributed by atoms with van der Waals surface area (Å²) in [5.74, 6) is 1.41. The van der Waals surface area contributed by atoms with Crippen LogP contribution in [0.2, 0.25) is 0 Å². The molecule has 2 aromatic carbocycles. The molecule has 0 bridgehead atoms. The van der Waals surface area contributed by atoms with Crippen LogP contribution >= 0.6 is 0 Å². The maximum atomic E-state index is 12.7. The summed E-state index contributed by atoms with van der Waals surface area (Å²) in [6, 6.07) is 17.5. The average Bonchev–Trinajstić information content (AvgIpc) is 3.10. The third-order valence-corrected chi connectivity index (χ3v) is 4.50. The molecule has 0 aliphatic rings. The van der Waals surface area contributed by atoms with Crippen molar-refractivity contribution in [3.05, 3.63) is 72.0 Å². The van der Waals surface area contributed by atoms with E-state index in [1.165, 1.54) is 0 Å². The molecule has 4 nitrogen and oxygen atoms in total. The van der Waals surface area contributed by atoms with Crippen LogP contribution in [0.25, 0.3) is 17.0 Å². The minimum absolute atomic E-state index is 0.0525. The third kappa shape index (κ3) is 3.80. The molecule has 0 fully saturated rings. The van der Waals surface area contributed by atoms with E-state index in [-0.39, 0.29) is 11.9 Å². The molecule has 0 radical (unpaired) electrons. The van der Waals surface area contributed by atoms with Crippen molar-refractivity contribution >= 4 is 23.0 Å². The van der Waals surface area contributed by atoms with E-state index in [2.05, 4.69) is 0 Å². The number of rotatable bonds is 6. The highest BCUT2D eigenvalue weighted by Crippen LogP contribution is 2.25. The van der Waals surface area contributed by atoms with Gasteiger partial charge in [0.15, 0.2) is 0 Å².